The first kappa shape index (κ1) is 28.9. The van der Waals surface area contributed by atoms with Crippen molar-refractivity contribution in [1.82, 2.24) is 4.90 Å². The van der Waals surface area contributed by atoms with Crippen molar-refractivity contribution in [1.29, 1.82) is 5.41 Å². The molecule has 2 rings (SSSR count). The number of allylic oxidation sites excluding steroid dienone is 1. The third-order valence-corrected chi connectivity index (χ3v) is 5.38. The third-order valence-electron chi connectivity index (χ3n) is 5.38. The van der Waals surface area contributed by atoms with Gasteiger partial charge in [0.25, 0.3) is 0 Å². The second-order valence-corrected chi connectivity index (χ2v) is 9.12. The van der Waals surface area contributed by atoms with Crippen LogP contribution in [-0.2, 0) is 4.74 Å². The van der Waals surface area contributed by atoms with Gasteiger partial charge in [0.2, 0.25) is 0 Å². The molecule has 1 aromatic rings. The summed E-state index contributed by atoms with van der Waals surface area (Å²) < 4.78 is 50.0. The Morgan fingerprint density at radius 3 is 2.50 bits per heavy atom. The van der Waals surface area contributed by atoms with Crippen molar-refractivity contribution in [2.45, 2.75) is 51.9 Å². The average Bonchev–Trinajstić information content (AvgIpc) is 2.79. The molecule has 0 saturated carbocycles. The summed E-state index contributed by atoms with van der Waals surface area (Å²) in [6.45, 7) is 9.72. The van der Waals surface area contributed by atoms with E-state index in [1.54, 1.807) is 0 Å². The van der Waals surface area contributed by atoms with Gasteiger partial charge in [-0.1, -0.05) is 19.1 Å². The molecule has 0 aromatic heterocycles. The summed E-state index contributed by atoms with van der Waals surface area (Å²) in [6.07, 6.45) is 4.06. The normalized spacial score (nSPS) is 22.0. The molecule has 1 heterocycles. The summed E-state index contributed by atoms with van der Waals surface area (Å²) in [7, 11) is 0. The molecule has 1 atom stereocenters. The van der Waals surface area contributed by atoms with Gasteiger partial charge in [-0.3, -0.25) is 9.89 Å². The summed E-state index contributed by atoms with van der Waals surface area (Å²) in [4.78, 5) is 13.9. The number of halogens is 3. The van der Waals surface area contributed by atoms with Crippen LogP contribution in [0.15, 0.2) is 57.3 Å². The zero-order chi connectivity index (χ0) is 26.9. The van der Waals surface area contributed by atoms with Crippen LogP contribution in [0, 0.1) is 5.41 Å². The Morgan fingerprint density at radius 1 is 1.28 bits per heavy atom. The van der Waals surface area contributed by atoms with E-state index in [1.807, 2.05) is 27.7 Å². The van der Waals surface area contributed by atoms with Gasteiger partial charge < -0.3 is 20.6 Å². The molecule has 1 aliphatic heterocycles. The first-order valence-corrected chi connectivity index (χ1v) is 11.3. The van der Waals surface area contributed by atoms with Crippen molar-refractivity contribution < 1.29 is 22.6 Å². The maximum absolute atomic E-state index is 14.7. The predicted octanol–water partition coefficient (Wildman–Crippen LogP) is 4.83. The van der Waals surface area contributed by atoms with E-state index in [0.717, 1.165) is 18.8 Å². The SMILES string of the molecule is C=N\C=C(F)/C(/N=C(N)/C=C(\C=N)c1ccc(OC(F)F)cc1)=N\CN1CC(C)(C)OC(C)(CC)C1. The average molecular weight is 507 g/mol. The van der Waals surface area contributed by atoms with Crippen LogP contribution in [-0.4, -0.2) is 67.1 Å². The predicted molar refractivity (Wildman–Crippen MR) is 138 cm³/mol. The molecule has 1 fully saturated rings. The molecule has 196 valence electrons. The molecule has 8 nitrogen and oxygen atoms in total. The second kappa shape index (κ2) is 12.6. The third kappa shape index (κ3) is 8.72. The minimum atomic E-state index is -2.94. The molecule has 0 radical (unpaired) electrons. The molecule has 1 unspecified atom stereocenters. The molecule has 1 saturated heterocycles. The number of morpholine rings is 1. The lowest BCUT2D eigenvalue weighted by Crippen LogP contribution is -2.58. The summed E-state index contributed by atoms with van der Waals surface area (Å²) >= 11 is 0. The molecule has 0 spiro atoms. The fraction of sp³-hybridized carbons (Fsp3) is 0.440. The Hall–Kier alpha value is -3.31. The molecule has 0 amide bonds. The molecular formula is C25H33F3N6O2. The lowest BCUT2D eigenvalue weighted by molar-refractivity contribution is -0.189. The number of amidine groups is 2. The minimum Gasteiger partial charge on any atom is -0.435 e. The van der Waals surface area contributed by atoms with Gasteiger partial charge in [-0.05, 0) is 57.7 Å². The zero-order valence-electron chi connectivity index (χ0n) is 21.0. The van der Waals surface area contributed by atoms with Crippen molar-refractivity contribution in [3.8, 4) is 5.75 Å². The molecule has 11 heteroatoms. The van der Waals surface area contributed by atoms with Crippen LogP contribution >= 0.6 is 0 Å². The fourth-order valence-corrected chi connectivity index (χ4v) is 3.90. The summed E-state index contributed by atoms with van der Waals surface area (Å²) in [5, 5.41) is 7.69. The smallest absolute Gasteiger partial charge is 0.387 e. The number of rotatable bonds is 10. The van der Waals surface area contributed by atoms with Gasteiger partial charge in [0.1, 0.15) is 11.6 Å². The Kier molecular flexibility index (Phi) is 10.1. The molecule has 1 aromatic carbocycles. The minimum absolute atomic E-state index is 0.0243. The summed E-state index contributed by atoms with van der Waals surface area (Å²) in [5.41, 5.74) is 6.07. The van der Waals surface area contributed by atoms with Crippen LogP contribution in [0.25, 0.3) is 5.57 Å². The van der Waals surface area contributed by atoms with Crippen LogP contribution < -0.4 is 10.5 Å². The molecule has 36 heavy (non-hydrogen) atoms. The van der Waals surface area contributed by atoms with E-state index in [2.05, 4.69) is 31.3 Å². The molecule has 3 N–H and O–H groups in total. The maximum Gasteiger partial charge on any atom is 0.387 e. The zero-order valence-corrected chi connectivity index (χ0v) is 21.0. The van der Waals surface area contributed by atoms with Gasteiger partial charge in [-0.2, -0.15) is 8.78 Å². The van der Waals surface area contributed by atoms with Crippen LogP contribution in [0.5, 0.6) is 5.75 Å². The quantitative estimate of drug-likeness (QED) is 0.350. The highest BCUT2D eigenvalue weighted by atomic mass is 19.3. The van der Waals surface area contributed by atoms with Crippen molar-refractivity contribution in [3.63, 3.8) is 0 Å². The highest BCUT2D eigenvalue weighted by molar-refractivity contribution is 6.18. The Balaban J connectivity index is 2.31. The lowest BCUT2D eigenvalue weighted by atomic mass is 9.95. The summed E-state index contributed by atoms with van der Waals surface area (Å²) in [5.74, 6) is -1.24. The van der Waals surface area contributed by atoms with Gasteiger partial charge in [0.15, 0.2) is 11.7 Å². The highest BCUT2D eigenvalue weighted by Gasteiger charge is 2.39. The largest absolute Gasteiger partial charge is 0.435 e. The number of hydrogen-bond acceptors (Lipinski definition) is 6. The van der Waals surface area contributed by atoms with E-state index in [4.69, 9.17) is 15.9 Å². The monoisotopic (exact) mass is 506 g/mol. The van der Waals surface area contributed by atoms with Crippen LogP contribution in [0.2, 0.25) is 0 Å². The number of aliphatic imine (C=N–C) groups is 3. The maximum atomic E-state index is 14.7. The topological polar surface area (TPSA) is 109 Å². The molecular weight excluding hydrogens is 473 g/mol. The number of nitrogens with two attached hydrogens (primary N) is 1. The van der Waals surface area contributed by atoms with Gasteiger partial charge in [-0.25, -0.2) is 14.4 Å². The summed E-state index contributed by atoms with van der Waals surface area (Å²) in [6, 6.07) is 5.66. The van der Waals surface area contributed by atoms with E-state index in [9.17, 15) is 13.2 Å². The van der Waals surface area contributed by atoms with Gasteiger partial charge in [0, 0.05) is 24.9 Å². The first-order chi connectivity index (χ1) is 16.9. The van der Waals surface area contributed by atoms with E-state index in [1.165, 1.54) is 30.3 Å². The number of nitrogens with zero attached hydrogens (tertiary/aromatic N) is 4. The first-order valence-electron chi connectivity index (χ1n) is 11.3. The van der Waals surface area contributed by atoms with E-state index < -0.39 is 18.0 Å². The van der Waals surface area contributed by atoms with Crippen molar-refractivity contribution in [2.75, 3.05) is 19.8 Å². The van der Waals surface area contributed by atoms with Gasteiger partial charge in [-0.15, -0.1) is 0 Å². The van der Waals surface area contributed by atoms with Gasteiger partial charge in [0.05, 0.1) is 24.1 Å². The fourth-order valence-electron chi connectivity index (χ4n) is 3.90. The number of benzene rings is 1. The van der Waals surface area contributed by atoms with Crippen molar-refractivity contribution in [2.24, 2.45) is 20.7 Å². The second-order valence-electron chi connectivity index (χ2n) is 9.12. The molecule has 0 aliphatic carbocycles. The van der Waals surface area contributed by atoms with Crippen LogP contribution in [0.4, 0.5) is 13.2 Å². The van der Waals surface area contributed by atoms with Gasteiger partial charge >= 0.3 is 6.61 Å². The lowest BCUT2D eigenvalue weighted by Gasteiger charge is -2.48. The Bertz CT molecular complexity index is 1050. The molecule has 1 aliphatic rings. The molecule has 0 bridgehead atoms. The van der Waals surface area contributed by atoms with Crippen LogP contribution in [0.3, 0.4) is 0 Å². The standard InChI is InChI=1S/C25H33F3N6O2/c1-6-25(4)15-34(14-24(2,3)36-25)16-32-22(20(26)13-31-5)33-21(30)11-18(12-29)17-7-9-19(10-8-17)35-23(27)28/h7-13,23,29H,5-6,14-16H2,1-4H3,(H2,30,32,33)/b18-11+,20-13+,29-12?. The van der Waals surface area contributed by atoms with E-state index >= 15 is 0 Å². The number of nitrogens with one attached hydrogen (secondary N) is 1. The Labute approximate surface area is 209 Å². The van der Waals surface area contributed by atoms with Crippen molar-refractivity contribution >= 4 is 30.2 Å². The van der Waals surface area contributed by atoms with E-state index in [0.29, 0.717) is 24.2 Å². The number of ether oxygens (including phenoxy) is 2. The van der Waals surface area contributed by atoms with Crippen molar-refractivity contribution in [3.05, 3.63) is 47.9 Å². The number of hydrogen-bond donors (Lipinski definition) is 2. The van der Waals surface area contributed by atoms with Crippen LogP contribution in [0.1, 0.15) is 39.7 Å². The Morgan fingerprint density at radius 2 is 1.94 bits per heavy atom. The van der Waals surface area contributed by atoms with E-state index in [-0.39, 0.29) is 29.7 Å². The highest BCUT2D eigenvalue weighted by Crippen LogP contribution is 2.30. The number of alkyl halides is 2.